The summed E-state index contributed by atoms with van der Waals surface area (Å²) < 4.78 is 88.2. The van der Waals surface area contributed by atoms with E-state index in [1.807, 2.05) is 0 Å². The fourth-order valence-corrected chi connectivity index (χ4v) is 4.20. The van der Waals surface area contributed by atoms with Gasteiger partial charge in [-0.1, -0.05) is 23.7 Å². The highest BCUT2D eigenvalue weighted by molar-refractivity contribution is 7.89. The van der Waals surface area contributed by atoms with Crippen molar-refractivity contribution < 1.29 is 30.0 Å². The highest BCUT2D eigenvalue weighted by Gasteiger charge is 2.34. The Balaban J connectivity index is 2.31. The van der Waals surface area contributed by atoms with Gasteiger partial charge in [0, 0.05) is 6.04 Å². The molecule has 12 heteroatoms. The Kier molecular flexibility index (Phi) is 5.93. The molecule has 0 unspecified atom stereocenters. The number of nitrogens with one attached hydrogen (secondary N) is 1. The van der Waals surface area contributed by atoms with Crippen molar-refractivity contribution >= 4 is 31.6 Å². The molecule has 27 heavy (non-hydrogen) atoms. The van der Waals surface area contributed by atoms with Gasteiger partial charge in [-0.2, -0.15) is 13.2 Å². The first kappa shape index (κ1) is 21.6. The molecule has 148 valence electrons. The number of sulfonamides is 2. The van der Waals surface area contributed by atoms with Crippen LogP contribution in [0.4, 0.5) is 13.2 Å². The first-order valence-electron chi connectivity index (χ1n) is 7.23. The van der Waals surface area contributed by atoms with E-state index in [4.69, 9.17) is 16.7 Å². The largest absolute Gasteiger partial charge is 0.417 e. The lowest BCUT2D eigenvalue weighted by atomic mass is 10.1. The number of primary sulfonamides is 1. The summed E-state index contributed by atoms with van der Waals surface area (Å²) in [5, 5.41) is 4.36. The zero-order valence-corrected chi connectivity index (χ0v) is 16.0. The minimum Gasteiger partial charge on any atom is -0.225 e. The molecule has 2 aromatic rings. The van der Waals surface area contributed by atoms with Crippen molar-refractivity contribution in [3.63, 3.8) is 0 Å². The van der Waals surface area contributed by atoms with E-state index in [0.717, 1.165) is 12.1 Å². The first-order valence-corrected chi connectivity index (χ1v) is 10.6. The Bertz CT molecular complexity index is 1050. The Morgan fingerprint density at radius 1 is 1.00 bits per heavy atom. The fourth-order valence-electron chi connectivity index (χ4n) is 2.20. The molecule has 1 atom stereocenters. The average Bonchev–Trinajstić information content (AvgIpc) is 2.52. The lowest BCUT2D eigenvalue weighted by Gasteiger charge is -2.16. The summed E-state index contributed by atoms with van der Waals surface area (Å²) >= 11 is 5.49. The molecule has 0 aromatic heterocycles. The average molecular weight is 443 g/mol. The van der Waals surface area contributed by atoms with Gasteiger partial charge in [0.25, 0.3) is 0 Å². The topological polar surface area (TPSA) is 106 Å². The first-order chi connectivity index (χ1) is 12.2. The van der Waals surface area contributed by atoms with Crippen molar-refractivity contribution in [2.45, 2.75) is 28.9 Å². The third kappa shape index (κ3) is 5.20. The lowest BCUT2D eigenvalue weighted by Crippen LogP contribution is -2.27. The number of rotatable bonds is 5. The number of hydrogen-bond donors (Lipinski definition) is 2. The second-order valence-corrected chi connectivity index (χ2v) is 9.28. The predicted molar refractivity (Wildman–Crippen MR) is 93.0 cm³/mol. The molecular weight excluding hydrogens is 429 g/mol. The van der Waals surface area contributed by atoms with E-state index in [2.05, 4.69) is 4.72 Å². The number of hydrogen-bond acceptors (Lipinski definition) is 4. The van der Waals surface area contributed by atoms with Crippen molar-refractivity contribution in [1.29, 1.82) is 0 Å². The van der Waals surface area contributed by atoms with Crippen molar-refractivity contribution in [2.75, 3.05) is 0 Å². The maximum Gasteiger partial charge on any atom is 0.417 e. The van der Waals surface area contributed by atoms with Crippen LogP contribution in [0.2, 0.25) is 5.02 Å². The predicted octanol–water partition coefficient (Wildman–Crippen LogP) is 3.05. The molecule has 0 saturated heterocycles. The maximum absolute atomic E-state index is 12.9. The van der Waals surface area contributed by atoms with E-state index in [9.17, 15) is 30.0 Å². The second-order valence-electron chi connectivity index (χ2n) is 5.60. The van der Waals surface area contributed by atoms with Crippen LogP contribution in [-0.4, -0.2) is 16.8 Å². The van der Waals surface area contributed by atoms with Gasteiger partial charge in [-0.25, -0.2) is 26.7 Å². The van der Waals surface area contributed by atoms with Crippen LogP contribution in [0.3, 0.4) is 0 Å². The molecule has 0 amide bonds. The molecule has 0 radical (unpaired) electrons. The van der Waals surface area contributed by atoms with Gasteiger partial charge in [0.1, 0.15) is 0 Å². The van der Waals surface area contributed by atoms with Crippen molar-refractivity contribution in [3.8, 4) is 0 Å². The smallest absolute Gasteiger partial charge is 0.225 e. The van der Waals surface area contributed by atoms with Crippen LogP contribution in [0.5, 0.6) is 0 Å². The zero-order valence-electron chi connectivity index (χ0n) is 13.7. The molecule has 0 spiro atoms. The third-order valence-corrected chi connectivity index (χ3v) is 6.39. The van der Waals surface area contributed by atoms with Gasteiger partial charge >= 0.3 is 6.18 Å². The molecule has 2 aromatic carbocycles. The van der Waals surface area contributed by atoms with Gasteiger partial charge in [0.15, 0.2) is 0 Å². The summed E-state index contributed by atoms with van der Waals surface area (Å²) in [6.07, 6.45) is -4.81. The van der Waals surface area contributed by atoms with E-state index in [1.165, 1.54) is 31.2 Å². The van der Waals surface area contributed by atoms with Crippen LogP contribution in [0, 0.1) is 0 Å². The van der Waals surface area contributed by atoms with Gasteiger partial charge in [-0.05, 0) is 42.8 Å². The standard InChI is InChI=1S/C15H14ClF3N2O4S2/c1-9(10-2-4-11(5-3-10)26(20,22)23)21-27(24,25)12-6-7-14(16)13(8-12)15(17,18)19/h2-9,21H,1H3,(H2,20,22,23)/t9-/m1/s1. The minimum absolute atomic E-state index is 0.158. The van der Waals surface area contributed by atoms with Crippen molar-refractivity contribution in [3.05, 3.63) is 58.6 Å². The summed E-state index contributed by atoms with van der Waals surface area (Å²) in [6.45, 7) is 1.45. The lowest BCUT2D eigenvalue weighted by molar-refractivity contribution is -0.137. The van der Waals surface area contributed by atoms with E-state index >= 15 is 0 Å². The Hall–Kier alpha value is -1.66. The Labute approximate surface area is 159 Å². The van der Waals surface area contributed by atoms with E-state index < -0.39 is 47.7 Å². The van der Waals surface area contributed by atoms with E-state index in [0.29, 0.717) is 11.6 Å². The summed E-state index contributed by atoms with van der Waals surface area (Å²) in [4.78, 5) is -0.763. The molecule has 2 rings (SSSR count). The molecule has 6 nitrogen and oxygen atoms in total. The maximum atomic E-state index is 12.9. The van der Waals surface area contributed by atoms with Gasteiger partial charge in [-0.15, -0.1) is 0 Å². The number of nitrogens with two attached hydrogens (primary N) is 1. The molecule has 3 N–H and O–H groups in total. The van der Waals surface area contributed by atoms with Gasteiger partial charge in [0.05, 0.1) is 20.4 Å². The van der Waals surface area contributed by atoms with Crippen LogP contribution in [0.25, 0.3) is 0 Å². The minimum atomic E-state index is -4.81. The van der Waals surface area contributed by atoms with Gasteiger partial charge in [-0.3, -0.25) is 0 Å². The zero-order chi connectivity index (χ0) is 20.6. The second kappa shape index (κ2) is 7.40. The number of benzene rings is 2. The highest BCUT2D eigenvalue weighted by Crippen LogP contribution is 2.36. The molecular formula is C15H14ClF3N2O4S2. The van der Waals surface area contributed by atoms with E-state index in [-0.39, 0.29) is 4.90 Å². The Morgan fingerprint density at radius 2 is 1.52 bits per heavy atom. The van der Waals surface area contributed by atoms with Gasteiger partial charge < -0.3 is 0 Å². The van der Waals surface area contributed by atoms with Crippen LogP contribution in [0.15, 0.2) is 52.3 Å². The quantitative estimate of drug-likeness (QED) is 0.742. The van der Waals surface area contributed by atoms with Crippen LogP contribution >= 0.6 is 11.6 Å². The number of halogens is 4. The summed E-state index contributed by atoms with van der Waals surface area (Å²) in [7, 11) is -8.20. The fraction of sp³-hybridized carbons (Fsp3) is 0.200. The van der Waals surface area contributed by atoms with Crippen LogP contribution < -0.4 is 9.86 Å². The summed E-state index contributed by atoms with van der Waals surface area (Å²) in [6, 6.07) is 6.47. The highest BCUT2D eigenvalue weighted by atomic mass is 35.5. The molecule has 0 aliphatic carbocycles. The molecule has 0 aliphatic rings. The third-order valence-electron chi connectivity index (χ3n) is 3.59. The molecule has 0 heterocycles. The summed E-state index contributed by atoms with van der Waals surface area (Å²) in [5.41, 5.74) is -0.881. The summed E-state index contributed by atoms with van der Waals surface area (Å²) in [5.74, 6) is 0. The van der Waals surface area contributed by atoms with Crippen LogP contribution in [0.1, 0.15) is 24.1 Å². The SMILES string of the molecule is C[C@@H](NS(=O)(=O)c1ccc(Cl)c(C(F)(F)F)c1)c1ccc(S(N)(=O)=O)cc1. The molecule has 0 fully saturated rings. The Morgan fingerprint density at radius 3 is 2.00 bits per heavy atom. The van der Waals surface area contributed by atoms with Crippen molar-refractivity contribution in [1.82, 2.24) is 4.72 Å². The van der Waals surface area contributed by atoms with Crippen molar-refractivity contribution in [2.24, 2.45) is 5.14 Å². The van der Waals surface area contributed by atoms with E-state index in [1.54, 1.807) is 0 Å². The normalized spacial score (nSPS) is 14.1. The van der Waals surface area contributed by atoms with Gasteiger partial charge in [0.2, 0.25) is 20.0 Å². The molecule has 0 bridgehead atoms. The number of alkyl halides is 3. The molecule has 0 saturated carbocycles. The molecule has 0 aliphatic heterocycles. The monoisotopic (exact) mass is 442 g/mol. The van der Waals surface area contributed by atoms with Crippen LogP contribution in [-0.2, 0) is 26.2 Å².